The standard InChI is InChI=1S/C11H23N3/c1-10(12-2)8-13-6-7-14-5-3-4-11(14)9-13/h10-12H,3-9H2,1-2H3/t10-,11?/m0/s1. The van der Waals surface area contributed by atoms with Gasteiger partial charge in [0, 0.05) is 38.3 Å². The third kappa shape index (κ3) is 2.27. The van der Waals surface area contributed by atoms with E-state index in [2.05, 4.69) is 29.1 Å². The van der Waals surface area contributed by atoms with E-state index in [9.17, 15) is 0 Å². The van der Waals surface area contributed by atoms with Gasteiger partial charge in [0.1, 0.15) is 0 Å². The Labute approximate surface area is 87.4 Å². The van der Waals surface area contributed by atoms with E-state index in [0.717, 1.165) is 6.04 Å². The summed E-state index contributed by atoms with van der Waals surface area (Å²) >= 11 is 0. The summed E-state index contributed by atoms with van der Waals surface area (Å²) in [6, 6.07) is 1.50. The van der Waals surface area contributed by atoms with Gasteiger partial charge < -0.3 is 5.32 Å². The second-order valence-corrected chi connectivity index (χ2v) is 4.78. The van der Waals surface area contributed by atoms with Crippen molar-refractivity contribution in [3.63, 3.8) is 0 Å². The topological polar surface area (TPSA) is 18.5 Å². The lowest BCUT2D eigenvalue weighted by Gasteiger charge is -2.38. The minimum absolute atomic E-state index is 0.628. The Morgan fingerprint density at radius 2 is 2.21 bits per heavy atom. The van der Waals surface area contributed by atoms with Gasteiger partial charge in [0.25, 0.3) is 0 Å². The number of rotatable bonds is 3. The highest BCUT2D eigenvalue weighted by Gasteiger charge is 2.30. The maximum absolute atomic E-state index is 3.32. The molecule has 0 aliphatic carbocycles. The molecule has 2 atom stereocenters. The van der Waals surface area contributed by atoms with E-state index in [4.69, 9.17) is 0 Å². The number of hydrogen-bond donors (Lipinski definition) is 1. The number of nitrogens with zero attached hydrogens (tertiary/aromatic N) is 2. The zero-order valence-electron chi connectivity index (χ0n) is 9.50. The largest absolute Gasteiger partial charge is 0.316 e. The van der Waals surface area contributed by atoms with E-state index in [1.165, 1.54) is 45.6 Å². The van der Waals surface area contributed by atoms with Crippen LogP contribution in [-0.4, -0.2) is 61.7 Å². The first-order chi connectivity index (χ1) is 6.79. The van der Waals surface area contributed by atoms with Crippen LogP contribution >= 0.6 is 0 Å². The number of piperazine rings is 1. The third-order valence-corrected chi connectivity index (χ3v) is 3.70. The van der Waals surface area contributed by atoms with Crippen LogP contribution < -0.4 is 5.32 Å². The van der Waals surface area contributed by atoms with Crippen molar-refractivity contribution in [3.8, 4) is 0 Å². The molecule has 3 heteroatoms. The Hall–Kier alpha value is -0.120. The zero-order chi connectivity index (χ0) is 9.97. The van der Waals surface area contributed by atoms with Crippen molar-refractivity contribution in [2.75, 3.05) is 39.8 Å². The van der Waals surface area contributed by atoms with Crippen LogP contribution in [0, 0.1) is 0 Å². The van der Waals surface area contributed by atoms with Gasteiger partial charge in [0.2, 0.25) is 0 Å². The summed E-state index contributed by atoms with van der Waals surface area (Å²) in [4.78, 5) is 5.29. The molecule has 0 aromatic heterocycles. The van der Waals surface area contributed by atoms with Gasteiger partial charge in [-0.15, -0.1) is 0 Å². The predicted molar refractivity (Wildman–Crippen MR) is 59.6 cm³/mol. The third-order valence-electron chi connectivity index (χ3n) is 3.70. The normalized spacial score (nSPS) is 31.7. The first-order valence-corrected chi connectivity index (χ1v) is 5.93. The van der Waals surface area contributed by atoms with Crippen LogP contribution in [0.5, 0.6) is 0 Å². The van der Waals surface area contributed by atoms with Crippen LogP contribution in [-0.2, 0) is 0 Å². The van der Waals surface area contributed by atoms with Gasteiger partial charge in [0.05, 0.1) is 0 Å². The Balaban J connectivity index is 1.79. The quantitative estimate of drug-likeness (QED) is 0.705. The molecule has 14 heavy (non-hydrogen) atoms. The maximum atomic E-state index is 3.32. The Bertz CT molecular complexity index is 183. The van der Waals surface area contributed by atoms with Gasteiger partial charge in [-0.3, -0.25) is 9.80 Å². The van der Waals surface area contributed by atoms with Gasteiger partial charge >= 0.3 is 0 Å². The van der Waals surface area contributed by atoms with Crippen molar-refractivity contribution in [3.05, 3.63) is 0 Å². The highest BCUT2D eigenvalue weighted by Crippen LogP contribution is 2.21. The molecule has 2 heterocycles. The molecule has 2 aliphatic heterocycles. The second kappa shape index (κ2) is 4.60. The van der Waals surface area contributed by atoms with Crippen LogP contribution in [0.3, 0.4) is 0 Å². The molecular formula is C11H23N3. The molecule has 82 valence electrons. The first kappa shape index (κ1) is 10.4. The predicted octanol–water partition coefficient (Wildman–Crippen LogP) is 0.374. The number of fused-ring (bicyclic) bond motifs is 1. The molecule has 0 saturated carbocycles. The van der Waals surface area contributed by atoms with E-state index in [1.807, 2.05) is 0 Å². The summed E-state index contributed by atoms with van der Waals surface area (Å²) in [6.07, 6.45) is 2.84. The summed E-state index contributed by atoms with van der Waals surface area (Å²) in [5.41, 5.74) is 0. The fourth-order valence-electron chi connectivity index (χ4n) is 2.70. The van der Waals surface area contributed by atoms with Crippen molar-refractivity contribution in [2.45, 2.75) is 31.8 Å². The molecule has 0 amide bonds. The summed E-state index contributed by atoms with van der Waals surface area (Å²) in [5, 5.41) is 3.32. The highest BCUT2D eigenvalue weighted by atomic mass is 15.3. The molecule has 2 aliphatic rings. The van der Waals surface area contributed by atoms with E-state index in [1.54, 1.807) is 0 Å². The van der Waals surface area contributed by atoms with Gasteiger partial charge in [0.15, 0.2) is 0 Å². The molecule has 0 radical (unpaired) electrons. The smallest absolute Gasteiger partial charge is 0.0224 e. The molecular weight excluding hydrogens is 174 g/mol. The fraction of sp³-hybridized carbons (Fsp3) is 1.00. The molecule has 2 fully saturated rings. The Kier molecular flexibility index (Phi) is 3.42. The second-order valence-electron chi connectivity index (χ2n) is 4.78. The molecule has 0 spiro atoms. The average molecular weight is 197 g/mol. The van der Waals surface area contributed by atoms with Crippen LogP contribution in [0.15, 0.2) is 0 Å². The summed E-state index contributed by atoms with van der Waals surface area (Å²) in [6.45, 7) is 8.68. The van der Waals surface area contributed by atoms with Crippen LogP contribution in [0.2, 0.25) is 0 Å². The van der Waals surface area contributed by atoms with Crippen molar-refractivity contribution in [1.29, 1.82) is 0 Å². The lowest BCUT2D eigenvalue weighted by atomic mass is 10.1. The van der Waals surface area contributed by atoms with Crippen LogP contribution in [0.1, 0.15) is 19.8 Å². The molecule has 2 saturated heterocycles. The fourth-order valence-corrected chi connectivity index (χ4v) is 2.70. The minimum atomic E-state index is 0.628. The maximum Gasteiger partial charge on any atom is 0.0224 e. The van der Waals surface area contributed by atoms with E-state index >= 15 is 0 Å². The zero-order valence-corrected chi connectivity index (χ0v) is 9.50. The molecule has 1 N–H and O–H groups in total. The van der Waals surface area contributed by atoms with Gasteiger partial charge in [-0.1, -0.05) is 0 Å². The van der Waals surface area contributed by atoms with Crippen molar-refractivity contribution in [1.82, 2.24) is 15.1 Å². The summed E-state index contributed by atoms with van der Waals surface area (Å²) in [5.74, 6) is 0. The summed E-state index contributed by atoms with van der Waals surface area (Å²) < 4.78 is 0. The average Bonchev–Trinajstić information content (AvgIpc) is 2.64. The molecule has 2 rings (SSSR count). The molecule has 0 bridgehead atoms. The molecule has 1 unspecified atom stereocenters. The van der Waals surface area contributed by atoms with Gasteiger partial charge in [-0.2, -0.15) is 0 Å². The van der Waals surface area contributed by atoms with Crippen LogP contribution in [0.25, 0.3) is 0 Å². The van der Waals surface area contributed by atoms with Crippen molar-refractivity contribution in [2.24, 2.45) is 0 Å². The number of likely N-dealkylation sites (N-methyl/N-ethyl adjacent to an activating group) is 1. The SMILES string of the molecule is CN[C@@H](C)CN1CCN2CCCC2C1. The number of hydrogen-bond acceptors (Lipinski definition) is 3. The molecule has 3 nitrogen and oxygen atoms in total. The van der Waals surface area contributed by atoms with Gasteiger partial charge in [-0.05, 0) is 33.4 Å². The van der Waals surface area contributed by atoms with E-state index < -0.39 is 0 Å². The lowest BCUT2D eigenvalue weighted by Crippen LogP contribution is -2.52. The highest BCUT2D eigenvalue weighted by molar-refractivity contribution is 4.87. The minimum Gasteiger partial charge on any atom is -0.316 e. The molecule has 0 aromatic rings. The van der Waals surface area contributed by atoms with E-state index in [-0.39, 0.29) is 0 Å². The Morgan fingerprint density at radius 3 is 3.00 bits per heavy atom. The monoisotopic (exact) mass is 197 g/mol. The summed E-state index contributed by atoms with van der Waals surface area (Å²) in [7, 11) is 2.05. The van der Waals surface area contributed by atoms with Gasteiger partial charge in [-0.25, -0.2) is 0 Å². The molecule has 0 aromatic carbocycles. The van der Waals surface area contributed by atoms with Crippen LogP contribution in [0.4, 0.5) is 0 Å². The van der Waals surface area contributed by atoms with Crippen molar-refractivity contribution >= 4 is 0 Å². The Morgan fingerprint density at radius 1 is 1.36 bits per heavy atom. The first-order valence-electron chi connectivity index (χ1n) is 5.93. The number of nitrogens with one attached hydrogen (secondary N) is 1. The van der Waals surface area contributed by atoms with E-state index in [0.29, 0.717) is 6.04 Å². The lowest BCUT2D eigenvalue weighted by molar-refractivity contribution is 0.0987. The van der Waals surface area contributed by atoms with Crippen molar-refractivity contribution < 1.29 is 0 Å².